The fourth-order valence-corrected chi connectivity index (χ4v) is 14.9. The molecule has 0 radical (unpaired) electrons. The van der Waals surface area contributed by atoms with Gasteiger partial charge in [-0.3, -0.25) is 67.7 Å². The van der Waals surface area contributed by atoms with Crippen molar-refractivity contribution in [3.63, 3.8) is 0 Å². The van der Waals surface area contributed by atoms with Crippen LogP contribution in [0.25, 0.3) is 21.7 Å². The zero-order valence-electron chi connectivity index (χ0n) is 58.1. The van der Waals surface area contributed by atoms with Crippen molar-refractivity contribution in [1.82, 2.24) is 77.9 Å². The molecule has 3 aliphatic heterocycles. The lowest BCUT2D eigenvalue weighted by Crippen LogP contribution is -2.60. The van der Waals surface area contributed by atoms with E-state index in [2.05, 4.69) is 68.1 Å². The van der Waals surface area contributed by atoms with Gasteiger partial charge in [-0.05, 0) is 98.7 Å². The normalized spacial score (nSPS) is 21.9. The minimum atomic E-state index is -1.70. The summed E-state index contributed by atoms with van der Waals surface area (Å²) >= 11 is 0. The lowest BCUT2D eigenvalue weighted by Gasteiger charge is -2.33. The molecule has 0 spiro atoms. The van der Waals surface area contributed by atoms with E-state index in [0.717, 1.165) is 32.4 Å². The fraction of sp³-hybridized carbons (Fsp3) is 0.478. The highest BCUT2D eigenvalue weighted by Crippen LogP contribution is 2.29. The highest BCUT2D eigenvalue weighted by Gasteiger charge is 2.45. The molecule has 21 N–H and O–H groups in total. The van der Waals surface area contributed by atoms with Crippen LogP contribution in [0.1, 0.15) is 100 Å². The Labute approximate surface area is 616 Å². The molecule has 10 unspecified atom stereocenters. The van der Waals surface area contributed by atoms with E-state index in [1.165, 1.54) is 22.3 Å². The van der Waals surface area contributed by atoms with Gasteiger partial charge in [0.15, 0.2) is 5.96 Å². The minimum Gasteiger partial charge on any atom is -0.481 e. The maximum absolute atomic E-state index is 15.1. The van der Waals surface area contributed by atoms with Crippen LogP contribution in [0.2, 0.25) is 0 Å². The predicted octanol–water partition coefficient (Wildman–Crippen LogP) is -1.95. The number of para-hydroxylation sites is 1. The van der Waals surface area contributed by atoms with Gasteiger partial charge in [0.2, 0.25) is 70.9 Å². The lowest BCUT2D eigenvalue weighted by atomic mass is 9.99. The predicted molar refractivity (Wildman–Crippen MR) is 390 cm³/mol. The van der Waals surface area contributed by atoms with Gasteiger partial charge >= 0.3 is 11.9 Å². The maximum atomic E-state index is 15.1. The van der Waals surface area contributed by atoms with Crippen LogP contribution in [0.5, 0.6) is 0 Å². The molecule has 3 aliphatic rings. The van der Waals surface area contributed by atoms with Crippen LogP contribution in [0.3, 0.4) is 0 Å². The smallest absolute Gasteiger partial charge is 0.326 e. The van der Waals surface area contributed by atoms with Crippen LogP contribution >= 0.6 is 21.6 Å². The number of fused-ring (bicyclic) bond motifs is 2. The number of primary amides is 1. The number of carbonyl (C=O) groups is 14. The number of carboxylic acids is 2. The third-order valence-electron chi connectivity index (χ3n) is 18.2. The molecule has 0 aliphatic carbocycles. The molecule has 8 rings (SSSR count). The van der Waals surface area contributed by atoms with Gasteiger partial charge in [-0.25, -0.2) is 9.78 Å². The molecule has 35 nitrogen and oxygen atoms in total. The van der Waals surface area contributed by atoms with Crippen LogP contribution in [0.15, 0.2) is 85.5 Å². The summed E-state index contributed by atoms with van der Waals surface area (Å²) in [6.07, 6.45) is 3.33. The molecule has 10 atom stereocenters. The number of guanidine groups is 1. The summed E-state index contributed by atoms with van der Waals surface area (Å²) in [5.74, 6) is -13.7. The number of imidazole rings is 1. The molecule has 3 aromatic carbocycles. The molecule has 570 valence electrons. The monoisotopic (exact) mass is 1510 g/mol. The number of rotatable bonds is 26. The van der Waals surface area contributed by atoms with Gasteiger partial charge in [0.1, 0.15) is 60.4 Å². The highest BCUT2D eigenvalue weighted by atomic mass is 33.1. The number of nitrogens with two attached hydrogens (primary N) is 3. The lowest BCUT2D eigenvalue weighted by molar-refractivity contribution is -0.148. The number of amides is 12. The number of benzene rings is 3. The average Bonchev–Trinajstić information content (AvgIpc) is 1.62. The van der Waals surface area contributed by atoms with Crippen LogP contribution < -0.4 is 70.4 Å². The molecule has 37 heteroatoms. The van der Waals surface area contributed by atoms with Gasteiger partial charge < -0.3 is 100 Å². The second-order valence-corrected chi connectivity index (χ2v) is 28.6. The first-order valence-corrected chi connectivity index (χ1v) is 37.4. The van der Waals surface area contributed by atoms with Crippen molar-refractivity contribution in [3.05, 3.63) is 102 Å². The Morgan fingerprint density at radius 2 is 1.31 bits per heavy atom. The summed E-state index contributed by atoms with van der Waals surface area (Å²) in [6, 6.07) is 5.56. The Morgan fingerprint density at radius 3 is 1.99 bits per heavy atom. The van der Waals surface area contributed by atoms with Gasteiger partial charge in [-0.15, -0.1) is 0 Å². The quantitative estimate of drug-likeness (QED) is 0.0124. The molecular weight excluding hydrogens is 1420 g/mol. The van der Waals surface area contributed by atoms with Crippen molar-refractivity contribution in [3.8, 4) is 0 Å². The summed E-state index contributed by atoms with van der Waals surface area (Å²) in [5, 5.41) is 56.0. The van der Waals surface area contributed by atoms with E-state index in [0.29, 0.717) is 47.7 Å². The van der Waals surface area contributed by atoms with E-state index in [-0.39, 0.29) is 107 Å². The summed E-state index contributed by atoms with van der Waals surface area (Å²) in [7, 11) is 2.12. The topological polar surface area (TPSA) is 553 Å². The maximum Gasteiger partial charge on any atom is 0.326 e. The molecule has 12 amide bonds. The number of carbonyl (C=O) groups excluding carboxylic acids is 12. The number of nitrogens with one attached hydrogen (secondary N) is 13. The Balaban J connectivity index is 1.09. The molecule has 5 heterocycles. The molecule has 0 bridgehead atoms. The van der Waals surface area contributed by atoms with E-state index in [1.807, 2.05) is 36.4 Å². The number of aromatic nitrogens is 3. The standard InChI is InChI=1S/C69H91N19O16S2/c70-23-6-5-14-45(61(96)86-51(68(103)104)32-55(71)89)82-65(100)53-16-8-25-87(53)67(102)54-17-9-26-88(54)66(101)52-36-106-105-27-22-56(90)79-47(20-21-58(92)93)62(97)85-50(31-42-34-74-37-78-42)64(99)83-48(29-38-18-19-39-10-1-2-11-40(39)28-38)63(98)81-46(15-7-24-75-69(72)73)60(95)84-49(59(94)77-35-57(91)80-52)30-41-33-76-44-13-4-3-12-43(41)44/h1-4,10-13,18-19,28,33-34,37,45-54,76H,5-9,14-17,20-27,29-32,35-36,70H2,(H2,71,89)(H,74,78)(H,77,94)(H,79,90)(H,80,91)(H,81,98)(H,82,100)(H,83,99)(H,84,95)(H,85,97)(H,86,96)(H,92,93)(H,103,104)(H4,72,73,75). The van der Waals surface area contributed by atoms with Gasteiger partial charge in [0.05, 0.1) is 25.0 Å². The number of aliphatic carboxylic acids is 2. The number of hydrogen-bond donors (Lipinski definition) is 18. The summed E-state index contributed by atoms with van der Waals surface area (Å²) in [4.78, 5) is 209. The van der Waals surface area contributed by atoms with Crippen molar-refractivity contribution in [2.75, 3.05) is 44.2 Å². The zero-order chi connectivity index (χ0) is 76.4. The minimum absolute atomic E-state index is 0.00548. The molecule has 0 saturated carbocycles. The van der Waals surface area contributed by atoms with E-state index in [9.17, 15) is 63.0 Å². The number of unbranched alkanes of at least 4 members (excludes halogenated alkanes) is 1. The first kappa shape index (κ1) is 80.9. The number of aromatic amines is 2. The molecule has 3 saturated heterocycles. The molecule has 5 aromatic rings. The molecule has 2 aromatic heterocycles. The second kappa shape index (κ2) is 39.9. The summed E-state index contributed by atoms with van der Waals surface area (Å²) < 4.78 is 0. The molecular formula is C69H91N19O16S2. The van der Waals surface area contributed by atoms with E-state index < -0.39 is 169 Å². The first-order chi connectivity index (χ1) is 50.8. The van der Waals surface area contributed by atoms with Gasteiger partial charge in [-0.2, -0.15) is 0 Å². The van der Waals surface area contributed by atoms with Crippen molar-refractivity contribution >= 4 is 132 Å². The SMILES string of the molecule is N=C(N)NCCCC1NC(=O)C(Cc2ccc3ccccc3c2)NC(=O)C(Cc2c[nH]cn2)NC(=O)C(CCC(=O)O)NC(=O)CCSSCC(C(=O)N2CCCC2C(=O)N2CCCC2C(=O)NC(CCCCN)C(=O)NC(CC(N)=O)C(=O)O)NC(=O)CNC(=O)C(Cc2c[nH]c3ccccc23)NC1=O. The summed E-state index contributed by atoms with van der Waals surface area (Å²) in [5.41, 5.74) is 18.6. The van der Waals surface area contributed by atoms with Gasteiger partial charge in [0.25, 0.3) is 0 Å². The third-order valence-corrected chi connectivity index (χ3v) is 20.6. The van der Waals surface area contributed by atoms with Crippen molar-refractivity contribution in [1.29, 1.82) is 5.41 Å². The van der Waals surface area contributed by atoms with Crippen LogP contribution in [-0.4, -0.2) is 228 Å². The number of nitrogens with zero attached hydrogens (tertiary/aromatic N) is 3. The van der Waals surface area contributed by atoms with Crippen molar-refractivity contribution in [2.24, 2.45) is 17.2 Å². The Kier molecular flexibility index (Phi) is 30.4. The van der Waals surface area contributed by atoms with E-state index in [1.54, 1.807) is 36.5 Å². The number of hydrogen-bond acceptors (Lipinski definition) is 19. The van der Waals surface area contributed by atoms with E-state index in [4.69, 9.17) is 22.6 Å². The Bertz CT molecular complexity index is 4010. The fourth-order valence-electron chi connectivity index (χ4n) is 12.8. The number of likely N-dealkylation sites (tertiary alicyclic amines) is 2. The van der Waals surface area contributed by atoms with Crippen molar-refractivity contribution in [2.45, 2.75) is 163 Å². The van der Waals surface area contributed by atoms with Crippen LogP contribution in [0, 0.1) is 5.41 Å². The third kappa shape index (κ3) is 23.9. The average molecular weight is 1510 g/mol. The first-order valence-electron chi connectivity index (χ1n) is 34.9. The van der Waals surface area contributed by atoms with Crippen molar-refractivity contribution < 1.29 is 77.3 Å². The number of carboxylic acid groups (broad SMARTS) is 2. The molecule has 3 fully saturated rings. The number of H-pyrrole nitrogens is 2. The zero-order valence-corrected chi connectivity index (χ0v) is 59.8. The van der Waals surface area contributed by atoms with E-state index >= 15 is 14.4 Å². The van der Waals surface area contributed by atoms with Crippen LogP contribution in [0.4, 0.5) is 0 Å². The van der Waals surface area contributed by atoms with Gasteiger partial charge in [-0.1, -0.05) is 82.3 Å². The molecule has 106 heavy (non-hydrogen) atoms. The summed E-state index contributed by atoms with van der Waals surface area (Å²) in [6.45, 7) is -0.426. The van der Waals surface area contributed by atoms with Crippen LogP contribution in [-0.2, 0) is 86.4 Å². The Morgan fingerprint density at radius 1 is 0.660 bits per heavy atom. The van der Waals surface area contributed by atoms with Gasteiger partial charge in [0, 0.05) is 86.5 Å². The Hall–Kier alpha value is -10.8. The highest BCUT2D eigenvalue weighted by molar-refractivity contribution is 8.76. The largest absolute Gasteiger partial charge is 0.481 e. The second-order valence-electron chi connectivity index (χ2n) is 26.0.